The molecule has 2 N–H and O–H groups in total. The predicted octanol–water partition coefficient (Wildman–Crippen LogP) is 1.52. The van der Waals surface area contributed by atoms with Gasteiger partial charge >= 0.3 is 0 Å². The van der Waals surface area contributed by atoms with Crippen LogP contribution in [0.1, 0.15) is 31.2 Å². The normalized spacial score (nSPS) is 26.5. The Morgan fingerprint density at radius 1 is 1.32 bits per heavy atom. The summed E-state index contributed by atoms with van der Waals surface area (Å²) in [5, 5.41) is 22.3. The first-order chi connectivity index (χ1) is 12.2. The van der Waals surface area contributed by atoms with Crippen LogP contribution >= 0.6 is 0 Å². The Balaban J connectivity index is 1.46. The summed E-state index contributed by atoms with van der Waals surface area (Å²) in [6, 6.07) is 8.30. The number of ether oxygens (including phenoxy) is 2. The second kappa shape index (κ2) is 8.52. The van der Waals surface area contributed by atoms with Crippen molar-refractivity contribution in [2.75, 3.05) is 33.4 Å². The van der Waals surface area contributed by atoms with Crippen LogP contribution in [-0.4, -0.2) is 61.5 Å². The third-order valence-corrected chi connectivity index (χ3v) is 5.20. The molecule has 1 aromatic rings. The van der Waals surface area contributed by atoms with E-state index in [1.54, 1.807) is 25.3 Å². The van der Waals surface area contributed by atoms with Crippen LogP contribution in [0, 0.1) is 11.3 Å². The molecule has 1 aromatic carbocycles. The molecule has 136 valence electrons. The van der Waals surface area contributed by atoms with Gasteiger partial charge in [-0.05, 0) is 31.4 Å². The molecule has 2 aliphatic rings. The molecule has 2 fully saturated rings. The molecule has 0 bridgehead atoms. The molecule has 1 unspecified atom stereocenters. The number of methoxy groups -OCH3 is 1. The minimum Gasteiger partial charge on any atom is -0.493 e. The third-order valence-electron chi connectivity index (χ3n) is 5.20. The predicted molar refractivity (Wildman–Crippen MR) is 94.8 cm³/mol. The Morgan fingerprint density at radius 3 is 2.92 bits per heavy atom. The molecule has 0 spiro atoms. The average molecular weight is 345 g/mol. The Morgan fingerprint density at radius 2 is 2.20 bits per heavy atom. The van der Waals surface area contributed by atoms with Crippen LogP contribution < -0.4 is 14.8 Å². The summed E-state index contributed by atoms with van der Waals surface area (Å²) in [4.78, 5) is 2.43. The van der Waals surface area contributed by atoms with Crippen LogP contribution in [0.4, 0.5) is 0 Å². The second-order valence-electron chi connectivity index (χ2n) is 6.82. The Kier molecular flexibility index (Phi) is 6.14. The highest BCUT2D eigenvalue weighted by atomic mass is 16.5. The van der Waals surface area contributed by atoms with Gasteiger partial charge in [-0.2, -0.15) is 5.26 Å². The molecule has 0 aromatic heterocycles. The smallest absolute Gasteiger partial charge is 0.162 e. The Labute approximate surface area is 149 Å². The van der Waals surface area contributed by atoms with Crippen LogP contribution in [0.5, 0.6) is 11.5 Å². The number of aliphatic hydroxyl groups excluding tert-OH is 1. The van der Waals surface area contributed by atoms with Crippen molar-refractivity contribution >= 4 is 0 Å². The standard InChI is InChI=1S/C19H27N3O3/c1-24-19-11-14(12-20)5-6-18(19)25-10-8-21-16-3-2-4-17(16)22-9-7-15(23)13-22/h5-6,11,15-17,21,23H,2-4,7-10,13H2,1H3/t15?,16-,17+/m1/s1. The minimum absolute atomic E-state index is 0.159. The quantitative estimate of drug-likeness (QED) is 0.730. The maximum Gasteiger partial charge on any atom is 0.162 e. The van der Waals surface area contributed by atoms with Gasteiger partial charge < -0.3 is 19.9 Å². The Hall–Kier alpha value is -1.81. The van der Waals surface area contributed by atoms with Crippen molar-refractivity contribution < 1.29 is 14.6 Å². The zero-order valence-corrected chi connectivity index (χ0v) is 14.8. The van der Waals surface area contributed by atoms with Crippen molar-refractivity contribution in [3.05, 3.63) is 23.8 Å². The number of nitrogens with one attached hydrogen (secondary N) is 1. The van der Waals surface area contributed by atoms with E-state index in [4.69, 9.17) is 14.7 Å². The lowest BCUT2D eigenvalue weighted by molar-refractivity contribution is 0.149. The SMILES string of the molecule is COc1cc(C#N)ccc1OCCN[C@@H]1CCC[C@@H]1N1CCC(O)C1. The molecule has 1 saturated heterocycles. The summed E-state index contributed by atoms with van der Waals surface area (Å²) < 4.78 is 11.1. The van der Waals surface area contributed by atoms with Gasteiger partial charge in [0.1, 0.15) is 6.61 Å². The van der Waals surface area contributed by atoms with Crippen LogP contribution in [-0.2, 0) is 0 Å². The number of nitriles is 1. The van der Waals surface area contributed by atoms with Crippen molar-refractivity contribution in [2.45, 2.75) is 43.9 Å². The minimum atomic E-state index is -0.159. The number of likely N-dealkylation sites (tertiary alicyclic amines) is 1. The van der Waals surface area contributed by atoms with E-state index in [1.165, 1.54) is 19.3 Å². The molecule has 25 heavy (non-hydrogen) atoms. The zero-order valence-electron chi connectivity index (χ0n) is 14.8. The van der Waals surface area contributed by atoms with E-state index in [-0.39, 0.29) is 6.10 Å². The van der Waals surface area contributed by atoms with Gasteiger partial charge in [0.15, 0.2) is 11.5 Å². The van der Waals surface area contributed by atoms with E-state index in [9.17, 15) is 5.11 Å². The number of aliphatic hydroxyl groups is 1. The van der Waals surface area contributed by atoms with E-state index in [1.807, 2.05) is 0 Å². The third kappa shape index (κ3) is 4.43. The monoisotopic (exact) mass is 345 g/mol. The number of β-amino-alcohol motifs (C(OH)–C–C–N with tert-alkyl or cyclic N) is 1. The highest BCUT2D eigenvalue weighted by Crippen LogP contribution is 2.28. The summed E-state index contributed by atoms with van der Waals surface area (Å²) >= 11 is 0. The maximum absolute atomic E-state index is 9.76. The summed E-state index contributed by atoms with van der Waals surface area (Å²) in [5.74, 6) is 1.25. The van der Waals surface area contributed by atoms with Crippen LogP contribution in [0.2, 0.25) is 0 Å². The molecular weight excluding hydrogens is 318 g/mol. The number of hydrogen-bond donors (Lipinski definition) is 2. The molecule has 1 saturated carbocycles. The lowest BCUT2D eigenvalue weighted by atomic mass is 10.1. The van der Waals surface area contributed by atoms with E-state index in [2.05, 4.69) is 16.3 Å². The molecule has 6 nitrogen and oxygen atoms in total. The molecule has 3 atom stereocenters. The van der Waals surface area contributed by atoms with Gasteiger partial charge in [0, 0.05) is 37.8 Å². The van der Waals surface area contributed by atoms with Gasteiger partial charge in [0.2, 0.25) is 0 Å². The highest BCUT2D eigenvalue weighted by molar-refractivity contribution is 5.46. The lowest BCUT2D eigenvalue weighted by Crippen LogP contribution is -2.47. The van der Waals surface area contributed by atoms with Gasteiger partial charge in [0.05, 0.1) is 24.8 Å². The topological polar surface area (TPSA) is 77.8 Å². The molecule has 1 aliphatic heterocycles. The molecule has 0 radical (unpaired) electrons. The lowest BCUT2D eigenvalue weighted by Gasteiger charge is -2.30. The number of rotatable bonds is 7. The maximum atomic E-state index is 9.76. The Bertz CT molecular complexity index is 616. The summed E-state index contributed by atoms with van der Waals surface area (Å²) in [6.45, 7) is 3.12. The molecular formula is C19H27N3O3. The van der Waals surface area contributed by atoms with E-state index in [0.717, 1.165) is 26.1 Å². The first-order valence-corrected chi connectivity index (χ1v) is 9.07. The van der Waals surface area contributed by atoms with Gasteiger partial charge in [-0.25, -0.2) is 0 Å². The average Bonchev–Trinajstić information content (AvgIpc) is 3.27. The van der Waals surface area contributed by atoms with E-state index < -0.39 is 0 Å². The molecule has 1 heterocycles. The number of nitrogens with zero attached hydrogens (tertiary/aromatic N) is 2. The van der Waals surface area contributed by atoms with Crippen LogP contribution in [0.3, 0.4) is 0 Å². The fraction of sp³-hybridized carbons (Fsp3) is 0.632. The van der Waals surface area contributed by atoms with E-state index >= 15 is 0 Å². The number of benzene rings is 1. The summed E-state index contributed by atoms with van der Waals surface area (Å²) in [6.07, 6.45) is 4.35. The van der Waals surface area contributed by atoms with Crippen LogP contribution in [0.15, 0.2) is 18.2 Å². The zero-order chi connectivity index (χ0) is 17.6. The van der Waals surface area contributed by atoms with Gasteiger partial charge in [-0.15, -0.1) is 0 Å². The highest BCUT2D eigenvalue weighted by Gasteiger charge is 2.35. The molecule has 3 rings (SSSR count). The molecule has 6 heteroatoms. The first-order valence-electron chi connectivity index (χ1n) is 9.07. The summed E-state index contributed by atoms with van der Waals surface area (Å²) in [7, 11) is 1.58. The van der Waals surface area contributed by atoms with Crippen molar-refractivity contribution in [3.63, 3.8) is 0 Å². The van der Waals surface area contributed by atoms with Crippen molar-refractivity contribution in [1.82, 2.24) is 10.2 Å². The first kappa shape index (κ1) is 18.0. The van der Waals surface area contributed by atoms with Gasteiger partial charge in [0.25, 0.3) is 0 Å². The van der Waals surface area contributed by atoms with Gasteiger partial charge in [-0.1, -0.05) is 6.42 Å². The second-order valence-corrected chi connectivity index (χ2v) is 6.82. The molecule has 1 aliphatic carbocycles. The van der Waals surface area contributed by atoms with Gasteiger partial charge in [-0.3, -0.25) is 4.90 Å². The van der Waals surface area contributed by atoms with Crippen molar-refractivity contribution in [1.29, 1.82) is 5.26 Å². The van der Waals surface area contributed by atoms with Crippen LogP contribution in [0.25, 0.3) is 0 Å². The van der Waals surface area contributed by atoms with E-state index in [0.29, 0.717) is 35.8 Å². The number of hydrogen-bond acceptors (Lipinski definition) is 6. The van der Waals surface area contributed by atoms with Crippen molar-refractivity contribution in [2.24, 2.45) is 0 Å². The summed E-state index contributed by atoms with van der Waals surface area (Å²) in [5.41, 5.74) is 0.559. The fourth-order valence-electron chi connectivity index (χ4n) is 3.95. The van der Waals surface area contributed by atoms with Crippen molar-refractivity contribution in [3.8, 4) is 17.6 Å². The largest absolute Gasteiger partial charge is 0.493 e. The molecule has 0 amide bonds. The fourth-order valence-corrected chi connectivity index (χ4v) is 3.95.